The Balaban J connectivity index is 1.53. The zero-order valence-corrected chi connectivity index (χ0v) is 17.6. The van der Waals surface area contributed by atoms with Gasteiger partial charge in [-0.05, 0) is 35.7 Å². The lowest BCUT2D eigenvalue weighted by molar-refractivity contribution is 0.415. The molecule has 0 aliphatic carbocycles. The number of ether oxygens (including phenoxy) is 1. The van der Waals surface area contributed by atoms with Crippen molar-refractivity contribution in [3.05, 3.63) is 81.3 Å². The molecule has 4 aromatic rings. The average molecular weight is 435 g/mol. The second-order valence-electron chi connectivity index (χ2n) is 7.34. The molecule has 0 bridgehead atoms. The van der Waals surface area contributed by atoms with Gasteiger partial charge in [0, 0.05) is 30.4 Å². The van der Waals surface area contributed by atoms with Gasteiger partial charge in [0.05, 0.1) is 30.9 Å². The van der Waals surface area contributed by atoms with Crippen LogP contribution in [0.2, 0.25) is 5.02 Å². The Morgan fingerprint density at radius 2 is 2.06 bits per heavy atom. The molecule has 0 fully saturated rings. The first-order valence-electron chi connectivity index (χ1n) is 9.84. The number of rotatable bonds is 4. The molecule has 156 valence electrons. The zero-order valence-electron chi connectivity index (χ0n) is 16.8. The lowest BCUT2D eigenvalue weighted by atomic mass is 10.1. The van der Waals surface area contributed by atoms with Crippen LogP contribution in [0.3, 0.4) is 0 Å². The molecule has 4 heterocycles. The van der Waals surface area contributed by atoms with Gasteiger partial charge in [0.2, 0.25) is 5.95 Å². The summed E-state index contributed by atoms with van der Waals surface area (Å²) in [6.07, 6.45) is 5.99. The van der Waals surface area contributed by atoms with Crippen LogP contribution < -0.4 is 15.2 Å². The molecule has 31 heavy (non-hydrogen) atoms. The molecular formula is C22H19ClN6O2. The van der Waals surface area contributed by atoms with Crippen LogP contribution in [0, 0.1) is 0 Å². The number of halogens is 1. The lowest BCUT2D eigenvalue weighted by Gasteiger charge is -2.27. The summed E-state index contributed by atoms with van der Waals surface area (Å²) >= 11 is 6.27. The number of hydrogen-bond acceptors (Lipinski definition) is 7. The molecule has 0 saturated carbocycles. The van der Waals surface area contributed by atoms with Gasteiger partial charge in [-0.2, -0.15) is 4.98 Å². The summed E-state index contributed by atoms with van der Waals surface area (Å²) in [7, 11) is 1.57. The van der Waals surface area contributed by atoms with E-state index in [0.29, 0.717) is 35.5 Å². The minimum absolute atomic E-state index is 0.138. The molecule has 0 atom stereocenters. The van der Waals surface area contributed by atoms with Gasteiger partial charge < -0.3 is 9.64 Å². The maximum Gasteiger partial charge on any atom is 0.252 e. The van der Waals surface area contributed by atoms with Crippen LogP contribution >= 0.6 is 11.6 Å². The van der Waals surface area contributed by atoms with Gasteiger partial charge in [0.15, 0.2) is 0 Å². The van der Waals surface area contributed by atoms with Crippen LogP contribution in [0.15, 0.2) is 53.8 Å². The fourth-order valence-corrected chi connectivity index (χ4v) is 4.06. The van der Waals surface area contributed by atoms with E-state index >= 15 is 0 Å². The predicted octanol–water partition coefficient (Wildman–Crippen LogP) is 2.85. The molecule has 0 saturated heterocycles. The summed E-state index contributed by atoms with van der Waals surface area (Å²) < 4.78 is 6.85. The van der Waals surface area contributed by atoms with E-state index < -0.39 is 0 Å². The van der Waals surface area contributed by atoms with E-state index in [1.165, 1.54) is 6.07 Å². The standard InChI is InChI=1S/C22H19ClN6O2/c1-31-19-4-2-14(8-17(19)23)11-29-20(30)5-3-16-10-25-22(27-21(16)29)28-7-6-15-9-24-13-26-18(15)12-28/h2-5,8-10,13H,6-7,11-12H2,1H3. The molecule has 3 aromatic heterocycles. The van der Waals surface area contributed by atoms with E-state index in [0.717, 1.165) is 35.2 Å². The van der Waals surface area contributed by atoms with Gasteiger partial charge in [0.25, 0.3) is 5.56 Å². The van der Waals surface area contributed by atoms with Gasteiger partial charge in [0.1, 0.15) is 17.7 Å². The Labute approximate surface area is 183 Å². The average Bonchev–Trinajstić information content (AvgIpc) is 2.80. The van der Waals surface area contributed by atoms with Crippen molar-refractivity contribution in [3.8, 4) is 5.75 Å². The highest BCUT2D eigenvalue weighted by Crippen LogP contribution is 2.26. The number of nitrogens with zero attached hydrogens (tertiary/aromatic N) is 6. The van der Waals surface area contributed by atoms with Crippen LogP contribution in [0.5, 0.6) is 5.75 Å². The van der Waals surface area contributed by atoms with Crippen molar-refractivity contribution in [2.75, 3.05) is 18.6 Å². The number of methoxy groups -OCH3 is 1. The van der Waals surface area contributed by atoms with Crippen molar-refractivity contribution in [1.29, 1.82) is 0 Å². The van der Waals surface area contributed by atoms with Crippen molar-refractivity contribution in [1.82, 2.24) is 24.5 Å². The third kappa shape index (κ3) is 3.70. The molecule has 1 aromatic carbocycles. The Morgan fingerprint density at radius 3 is 2.90 bits per heavy atom. The van der Waals surface area contributed by atoms with E-state index in [1.807, 2.05) is 12.3 Å². The number of pyridine rings is 1. The van der Waals surface area contributed by atoms with Crippen molar-refractivity contribution in [2.45, 2.75) is 19.5 Å². The van der Waals surface area contributed by atoms with E-state index in [1.54, 1.807) is 42.4 Å². The highest BCUT2D eigenvalue weighted by molar-refractivity contribution is 6.32. The maximum atomic E-state index is 12.7. The van der Waals surface area contributed by atoms with Crippen LogP contribution in [0.1, 0.15) is 16.8 Å². The Kier molecular flexibility index (Phi) is 4.99. The van der Waals surface area contributed by atoms with E-state index in [-0.39, 0.29) is 5.56 Å². The molecule has 0 radical (unpaired) electrons. The number of benzene rings is 1. The summed E-state index contributed by atoms with van der Waals surface area (Å²) in [5, 5.41) is 1.29. The van der Waals surface area contributed by atoms with Crippen LogP contribution in [0.25, 0.3) is 11.0 Å². The molecule has 0 N–H and O–H groups in total. The zero-order chi connectivity index (χ0) is 21.4. The minimum atomic E-state index is -0.138. The number of aromatic nitrogens is 5. The number of hydrogen-bond donors (Lipinski definition) is 0. The van der Waals surface area contributed by atoms with Crippen LogP contribution in [0.4, 0.5) is 5.95 Å². The normalized spacial score (nSPS) is 13.3. The van der Waals surface area contributed by atoms with Crippen molar-refractivity contribution >= 4 is 28.6 Å². The second kappa shape index (κ2) is 7.96. The molecule has 1 aliphatic heterocycles. The summed E-state index contributed by atoms with van der Waals surface area (Å²) in [6.45, 7) is 1.71. The molecule has 0 amide bonds. The number of fused-ring (bicyclic) bond motifs is 2. The van der Waals surface area contributed by atoms with Gasteiger partial charge in [-0.1, -0.05) is 17.7 Å². The molecule has 9 heteroatoms. The minimum Gasteiger partial charge on any atom is -0.495 e. The lowest BCUT2D eigenvalue weighted by Crippen LogP contribution is -2.33. The Bertz CT molecular complexity index is 1340. The van der Waals surface area contributed by atoms with Crippen molar-refractivity contribution in [2.24, 2.45) is 0 Å². The van der Waals surface area contributed by atoms with Crippen LogP contribution in [-0.2, 0) is 19.5 Å². The Morgan fingerprint density at radius 1 is 1.16 bits per heavy atom. The highest BCUT2D eigenvalue weighted by atomic mass is 35.5. The summed E-state index contributed by atoms with van der Waals surface area (Å²) in [5.74, 6) is 1.17. The van der Waals surface area contributed by atoms with Gasteiger partial charge >= 0.3 is 0 Å². The highest BCUT2D eigenvalue weighted by Gasteiger charge is 2.20. The van der Waals surface area contributed by atoms with Gasteiger partial charge in [-0.25, -0.2) is 15.0 Å². The molecular weight excluding hydrogens is 416 g/mol. The maximum absolute atomic E-state index is 12.7. The first-order valence-corrected chi connectivity index (χ1v) is 10.2. The Hall–Kier alpha value is -3.52. The quantitative estimate of drug-likeness (QED) is 0.488. The monoisotopic (exact) mass is 434 g/mol. The third-order valence-electron chi connectivity index (χ3n) is 5.42. The molecule has 0 unspecified atom stereocenters. The fraction of sp³-hybridized carbons (Fsp3) is 0.227. The first-order chi connectivity index (χ1) is 15.1. The van der Waals surface area contributed by atoms with Gasteiger partial charge in [-0.15, -0.1) is 0 Å². The fourth-order valence-electron chi connectivity index (χ4n) is 3.78. The third-order valence-corrected chi connectivity index (χ3v) is 5.72. The van der Waals surface area contributed by atoms with Crippen molar-refractivity contribution < 1.29 is 4.74 Å². The van der Waals surface area contributed by atoms with E-state index in [4.69, 9.17) is 21.3 Å². The topological polar surface area (TPSA) is 86.0 Å². The van der Waals surface area contributed by atoms with Crippen LogP contribution in [-0.4, -0.2) is 38.2 Å². The first kappa shape index (κ1) is 19.4. The molecule has 5 rings (SSSR count). The predicted molar refractivity (Wildman–Crippen MR) is 118 cm³/mol. The largest absolute Gasteiger partial charge is 0.495 e. The van der Waals surface area contributed by atoms with Crippen molar-refractivity contribution in [3.63, 3.8) is 0 Å². The molecule has 8 nitrogen and oxygen atoms in total. The second-order valence-corrected chi connectivity index (χ2v) is 7.75. The molecule has 1 aliphatic rings. The van der Waals surface area contributed by atoms with E-state index in [2.05, 4.69) is 19.9 Å². The van der Waals surface area contributed by atoms with Gasteiger partial charge in [-0.3, -0.25) is 9.36 Å². The molecule has 0 spiro atoms. The summed E-state index contributed by atoms with van der Waals surface area (Å²) in [5.41, 5.74) is 3.44. The SMILES string of the molecule is COc1ccc(Cn2c(=O)ccc3cnc(N4CCc5cncnc5C4)nc32)cc1Cl. The summed E-state index contributed by atoms with van der Waals surface area (Å²) in [6, 6.07) is 8.76. The number of anilines is 1. The summed E-state index contributed by atoms with van der Waals surface area (Å²) in [4.78, 5) is 32.6. The van der Waals surface area contributed by atoms with E-state index in [9.17, 15) is 4.79 Å². The smallest absolute Gasteiger partial charge is 0.252 e.